The number of hydrogen-bond donors (Lipinski definition) is 1. The Morgan fingerprint density at radius 3 is 3.18 bits per heavy atom. The van der Waals surface area contributed by atoms with Crippen LogP contribution in [0.25, 0.3) is 0 Å². The van der Waals surface area contributed by atoms with Crippen molar-refractivity contribution in [1.29, 1.82) is 0 Å². The summed E-state index contributed by atoms with van der Waals surface area (Å²) < 4.78 is 0. The van der Waals surface area contributed by atoms with Gasteiger partial charge in [-0.3, -0.25) is 0 Å². The minimum atomic E-state index is 0.855. The average Bonchev–Trinajstić information content (AvgIpc) is 2.93. The van der Waals surface area contributed by atoms with Gasteiger partial charge in [0.25, 0.3) is 0 Å². The summed E-state index contributed by atoms with van der Waals surface area (Å²) >= 11 is 1.80. The van der Waals surface area contributed by atoms with E-state index >= 15 is 0 Å². The van der Waals surface area contributed by atoms with E-state index in [0.717, 1.165) is 24.6 Å². The van der Waals surface area contributed by atoms with Gasteiger partial charge in [-0.1, -0.05) is 6.92 Å². The SMILES string of the molecule is CCNCC1CCN(CCc2nc(C)cs2)C1. The van der Waals surface area contributed by atoms with Crippen LogP contribution in [-0.4, -0.2) is 42.6 Å². The van der Waals surface area contributed by atoms with Crippen LogP contribution in [0.15, 0.2) is 5.38 Å². The molecular formula is C13H23N3S. The van der Waals surface area contributed by atoms with E-state index in [0.29, 0.717) is 0 Å². The van der Waals surface area contributed by atoms with Gasteiger partial charge in [-0.05, 0) is 38.9 Å². The highest BCUT2D eigenvalue weighted by molar-refractivity contribution is 7.09. The fraction of sp³-hybridized carbons (Fsp3) is 0.769. The zero-order chi connectivity index (χ0) is 12.1. The van der Waals surface area contributed by atoms with Crippen molar-refractivity contribution in [2.24, 2.45) is 5.92 Å². The van der Waals surface area contributed by atoms with Crippen molar-refractivity contribution in [1.82, 2.24) is 15.2 Å². The van der Waals surface area contributed by atoms with Gasteiger partial charge >= 0.3 is 0 Å². The zero-order valence-corrected chi connectivity index (χ0v) is 11.7. The molecule has 1 aliphatic rings. The summed E-state index contributed by atoms with van der Waals surface area (Å²) in [4.78, 5) is 7.10. The maximum Gasteiger partial charge on any atom is 0.0940 e. The van der Waals surface area contributed by atoms with Crippen molar-refractivity contribution in [3.63, 3.8) is 0 Å². The minimum absolute atomic E-state index is 0.855. The fourth-order valence-corrected chi connectivity index (χ4v) is 3.17. The summed E-state index contributed by atoms with van der Waals surface area (Å²) in [5, 5.41) is 6.89. The van der Waals surface area contributed by atoms with Gasteiger partial charge in [-0.15, -0.1) is 11.3 Å². The number of likely N-dealkylation sites (tertiary alicyclic amines) is 1. The van der Waals surface area contributed by atoms with E-state index < -0.39 is 0 Å². The standard InChI is InChI=1S/C13H23N3S/c1-3-14-8-12-4-6-16(9-12)7-5-13-15-11(2)10-17-13/h10,12,14H,3-9H2,1-2H3. The summed E-state index contributed by atoms with van der Waals surface area (Å²) in [5.41, 5.74) is 1.16. The molecule has 1 aromatic heterocycles. The highest BCUT2D eigenvalue weighted by Crippen LogP contribution is 2.16. The van der Waals surface area contributed by atoms with Crippen molar-refractivity contribution in [2.75, 3.05) is 32.7 Å². The summed E-state index contributed by atoms with van der Waals surface area (Å²) in [6, 6.07) is 0. The second kappa shape index (κ2) is 6.47. The van der Waals surface area contributed by atoms with Crippen molar-refractivity contribution in [3.05, 3.63) is 16.1 Å². The number of nitrogens with one attached hydrogen (secondary N) is 1. The van der Waals surface area contributed by atoms with Crippen LogP contribution in [0.5, 0.6) is 0 Å². The lowest BCUT2D eigenvalue weighted by atomic mass is 10.1. The molecule has 1 N–H and O–H groups in total. The third kappa shape index (κ3) is 4.05. The monoisotopic (exact) mass is 253 g/mol. The van der Waals surface area contributed by atoms with Gasteiger partial charge < -0.3 is 10.2 Å². The number of aromatic nitrogens is 1. The molecule has 0 spiro atoms. The van der Waals surface area contributed by atoms with Crippen LogP contribution >= 0.6 is 11.3 Å². The molecule has 1 unspecified atom stereocenters. The molecule has 17 heavy (non-hydrogen) atoms. The third-order valence-electron chi connectivity index (χ3n) is 3.36. The van der Waals surface area contributed by atoms with Gasteiger partial charge in [-0.25, -0.2) is 4.98 Å². The van der Waals surface area contributed by atoms with Crippen LogP contribution in [0, 0.1) is 12.8 Å². The molecule has 0 saturated carbocycles. The molecule has 1 atom stereocenters. The smallest absolute Gasteiger partial charge is 0.0940 e. The average molecular weight is 253 g/mol. The first kappa shape index (κ1) is 13.0. The Morgan fingerprint density at radius 2 is 2.47 bits per heavy atom. The second-order valence-corrected chi connectivity index (χ2v) is 5.84. The van der Waals surface area contributed by atoms with Gasteiger partial charge in [0.2, 0.25) is 0 Å². The first-order valence-corrected chi connectivity index (χ1v) is 7.50. The lowest BCUT2D eigenvalue weighted by Gasteiger charge is -2.15. The van der Waals surface area contributed by atoms with Gasteiger partial charge in [0.1, 0.15) is 0 Å². The largest absolute Gasteiger partial charge is 0.317 e. The Kier molecular flexibility index (Phi) is 4.95. The fourth-order valence-electron chi connectivity index (χ4n) is 2.40. The van der Waals surface area contributed by atoms with Crippen molar-refractivity contribution in [2.45, 2.75) is 26.7 Å². The molecule has 0 radical (unpaired) electrons. The van der Waals surface area contributed by atoms with Gasteiger partial charge in [0, 0.05) is 30.6 Å². The Morgan fingerprint density at radius 1 is 1.59 bits per heavy atom. The molecule has 96 valence electrons. The normalized spacial score (nSPS) is 21.2. The summed E-state index contributed by atoms with van der Waals surface area (Å²) in [7, 11) is 0. The molecule has 1 aliphatic heterocycles. The molecule has 0 aliphatic carbocycles. The van der Waals surface area contributed by atoms with Gasteiger partial charge in [0.15, 0.2) is 0 Å². The van der Waals surface area contributed by atoms with Crippen LogP contribution < -0.4 is 5.32 Å². The number of nitrogens with zero attached hydrogens (tertiary/aromatic N) is 2. The second-order valence-electron chi connectivity index (χ2n) is 4.90. The molecule has 1 aromatic rings. The lowest BCUT2D eigenvalue weighted by Crippen LogP contribution is -2.27. The highest BCUT2D eigenvalue weighted by Gasteiger charge is 2.21. The third-order valence-corrected chi connectivity index (χ3v) is 4.39. The summed E-state index contributed by atoms with van der Waals surface area (Å²) in [6.45, 7) is 10.2. The van der Waals surface area contributed by atoms with Crippen molar-refractivity contribution in [3.8, 4) is 0 Å². The first-order chi connectivity index (χ1) is 8.28. The topological polar surface area (TPSA) is 28.2 Å². The Hall–Kier alpha value is -0.450. The lowest BCUT2D eigenvalue weighted by molar-refractivity contribution is 0.326. The molecule has 2 heterocycles. The van der Waals surface area contributed by atoms with Crippen LogP contribution in [0.4, 0.5) is 0 Å². The molecule has 0 bridgehead atoms. The molecule has 0 aromatic carbocycles. The van der Waals surface area contributed by atoms with E-state index in [1.54, 1.807) is 11.3 Å². The number of rotatable bonds is 6. The number of hydrogen-bond acceptors (Lipinski definition) is 4. The van der Waals surface area contributed by atoms with E-state index in [1.807, 2.05) is 0 Å². The Balaban J connectivity index is 1.67. The van der Waals surface area contributed by atoms with E-state index in [4.69, 9.17) is 0 Å². The number of thiazole rings is 1. The minimum Gasteiger partial charge on any atom is -0.317 e. The summed E-state index contributed by atoms with van der Waals surface area (Å²) in [5.74, 6) is 0.855. The maximum absolute atomic E-state index is 4.52. The predicted molar refractivity (Wildman–Crippen MR) is 73.6 cm³/mol. The zero-order valence-electron chi connectivity index (χ0n) is 10.9. The van der Waals surface area contributed by atoms with Crippen LogP contribution in [0.2, 0.25) is 0 Å². The van der Waals surface area contributed by atoms with Gasteiger partial charge in [0.05, 0.1) is 5.01 Å². The van der Waals surface area contributed by atoms with E-state index in [-0.39, 0.29) is 0 Å². The molecular weight excluding hydrogens is 230 g/mol. The van der Waals surface area contributed by atoms with Crippen molar-refractivity contribution >= 4 is 11.3 Å². The molecule has 1 fully saturated rings. The number of aryl methyl sites for hydroxylation is 1. The molecule has 2 rings (SSSR count). The predicted octanol–water partition coefficient (Wildman–Crippen LogP) is 1.93. The molecule has 0 amide bonds. The molecule has 4 heteroatoms. The van der Waals surface area contributed by atoms with Crippen molar-refractivity contribution < 1.29 is 0 Å². The maximum atomic E-state index is 4.52. The van der Waals surface area contributed by atoms with E-state index in [9.17, 15) is 0 Å². The van der Waals surface area contributed by atoms with Crippen LogP contribution in [0.1, 0.15) is 24.0 Å². The van der Waals surface area contributed by atoms with E-state index in [1.165, 1.54) is 37.6 Å². The molecule has 1 saturated heterocycles. The van der Waals surface area contributed by atoms with Crippen LogP contribution in [0.3, 0.4) is 0 Å². The quantitative estimate of drug-likeness (QED) is 0.839. The Bertz CT molecular complexity index is 337. The summed E-state index contributed by atoms with van der Waals surface area (Å²) in [6.07, 6.45) is 2.47. The van der Waals surface area contributed by atoms with Gasteiger partial charge in [-0.2, -0.15) is 0 Å². The highest BCUT2D eigenvalue weighted by atomic mass is 32.1. The van der Waals surface area contributed by atoms with Crippen LogP contribution in [-0.2, 0) is 6.42 Å². The van der Waals surface area contributed by atoms with E-state index in [2.05, 4.69) is 34.4 Å². The molecule has 3 nitrogen and oxygen atoms in total. The first-order valence-electron chi connectivity index (χ1n) is 6.62. The Labute approximate surface area is 108 Å².